The van der Waals surface area contributed by atoms with E-state index in [1.165, 1.54) is 4.90 Å². The maximum atomic E-state index is 13.2. The molecule has 0 aliphatic carbocycles. The van der Waals surface area contributed by atoms with E-state index < -0.39 is 0 Å². The predicted molar refractivity (Wildman–Crippen MR) is 112 cm³/mol. The first kappa shape index (κ1) is 19.6. The highest BCUT2D eigenvalue weighted by Gasteiger charge is 2.32. The van der Waals surface area contributed by atoms with Crippen LogP contribution < -0.4 is 9.47 Å². The summed E-state index contributed by atoms with van der Waals surface area (Å²) in [5, 5.41) is 0. The normalized spacial score (nSPS) is 20.5. The van der Waals surface area contributed by atoms with Crippen molar-refractivity contribution in [3.05, 3.63) is 59.2 Å². The van der Waals surface area contributed by atoms with Gasteiger partial charge in [0.2, 0.25) is 11.8 Å². The minimum atomic E-state index is -0.135. The number of amides is 3. The lowest BCUT2D eigenvalue weighted by Crippen LogP contribution is -2.31. The van der Waals surface area contributed by atoms with Crippen LogP contribution in [0.4, 0.5) is 0 Å². The fraction of sp³-hybridized carbons (Fsp3) is 0.375. The summed E-state index contributed by atoms with van der Waals surface area (Å²) in [6.45, 7) is 2.05. The van der Waals surface area contributed by atoms with E-state index in [2.05, 4.69) is 0 Å². The van der Waals surface area contributed by atoms with E-state index in [1.54, 1.807) is 12.1 Å². The fourth-order valence-electron chi connectivity index (χ4n) is 4.52. The number of imide groups is 1. The molecule has 1 atom stereocenters. The van der Waals surface area contributed by atoms with Gasteiger partial charge >= 0.3 is 0 Å². The summed E-state index contributed by atoms with van der Waals surface area (Å²) in [7, 11) is 0. The Morgan fingerprint density at radius 3 is 2.39 bits per heavy atom. The van der Waals surface area contributed by atoms with Crippen LogP contribution in [0.2, 0.25) is 0 Å². The zero-order valence-electron chi connectivity index (χ0n) is 17.2. The maximum absolute atomic E-state index is 13.2. The number of ether oxygens (including phenoxy) is 2. The van der Waals surface area contributed by atoms with Crippen LogP contribution in [0.25, 0.3) is 0 Å². The molecule has 7 nitrogen and oxygen atoms in total. The number of nitrogens with zero attached hydrogens (tertiary/aromatic N) is 2. The monoisotopic (exact) mass is 420 g/mol. The summed E-state index contributed by atoms with van der Waals surface area (Å²) in [4.78, 5) is 40.1. The Morgan fingerprint density at radius 2 is 1.65 bits per heavy atom. The molecule has 3 amide bonds. The number of benzene rings is 2. The molecule has 0 saturated carbocycles. The number of carbonyl (C=O) groups excluding carboxylic acids is 3. The molecule has 0 bridgehead atoms. The molecule has 3 aliphatic rings. The van der Waals surface area contributed by atoms with Crippen LogP contribution >= 0.6 is 0 Å². The lowest BCUT2D eigenvalue weighted by molar-refractivity contribution is -0.139. The zero-order chi connectivity index (χ0) is 21.4. The molecule has 3 heterocycles. The summed E-state index contributed by atoms with van der Waals surface area (Å²) in [6.07, 6.45) is 2.42. The summed E-state index contributed by atoms with van der Waals surface area (Å²) in [5.41, 5.74) is 2.50. The molecule has 0 N–H and O–H groups in total. The van der Waals surface area contributed by atoms with E-state index >= 15 is 0 Å². The van der Waals surface area contributed by atoms with E-state index in [1.807, 2.05) is 35.2 Å². The Kier molecular flexibility index (Phi) is 5.10. The average molecular weight is 420 g/mol. The van der Waals surface area contributed by atoms with E-state index in [9.17, 15) is 14.4 Å². The molecule has 2 aromatic rings. The number of rotatable bonds is 4. The van der Waals surface area contributed by atoms with Gasteiger partial charge in [0.25, 0.3) is 5.91 Å². The second kappa shape index (κ2) is 8.06. The van der Waals surface area contributed by atoms with E-state index in [4.69, 9.17) is 9.47 Å². The van der Waals surface area contributed by atoms with Crippen molar-refractivity contribution in [3.63, 3.8) is 0 Å². The molecule has 0 unspecified atom stereocenters. The van der Waals surface area contributed by atoms with Crippen LogP contribution in [0.1, 0.15) is 53.2 Å². The van der Waals surface area contributed by atoms with Gasteiger partial charge in [-0.15, -0.1) is 0 Å². The van der Waals surface area contributed by atoms with Crippen molar-refractivity contribution in [3.8, 4) is 11.5 Å². The van der Waals surface area contributed by atoms with Crippen molar-refractivity contribution in [1.82, 2.24) is 9.80 Å². The molecule has 0 aromatic heterocycles. The topological polar surface area (TPSA) is 76.2 Å². The van der Waals surface area contributed by atoms with Crippen LogP contribution in [-0.2, 0) is 16.1 Å². The SMILES string of the molecule is O=C1CCC(=O)N1Cc1ccc(C(=O)N2CCC[C@@H]2c2ccc3c(c2)OCCO3)cc1. The molecule has 2 fully saturated rings. The number of carbonyl (C=O) groups is 3. The highest BCUT2D eigenvalue weighted by molar-refractivity contribution is 6.01. The largest absolute Gasteiger partial charge is 0.486 e. The number of fused-ring (bicyclic) bond motifs is 1. The first-order valence-corrected chi connectivity index (χ1v) is 10.7. The third-order valence-corrected chi connectivity index (χ3v) is 6.16. The molecule has 5 rings (SSSR count). The van der Waals surface area contributed by atoms with Crippen molar-refractivity contribution in [1.29, 1.82) is 0 Å². The lowest BCUT2D eigenvalue weighted by atomic mass is 10.0. The van der Waals surface area contributed by atoms with Gasteiger partial charge in [-0.05, 0) is 48.2 Å². The van der Waals surface area contributed by atoms with Gasteiger partial charge in [-0.2, -0.15) is 0 Å². The fourth-order valence-corrected chi connectivity index (χ4v) is 4.52. The Balaban J connectivity index is 1.31. The molecular weight excluding hydrogens is 396 g/mol. The zero-order valence-corrected chi connectivity index (χ0v) is 17.2. The molecule has 31 heavy (non-hydrogen) atoms. The van der Waals surface area contributed by atoms with Gasteiger partial charge in [-0.25, -0.2) is 0 Å². The van der Waals surface area contributed by atoms with Gasteiger partial charge < -0.3 is 14.4 Å². The Morgan fingerprint density at radius 1 is 0.935 bits per heavy atom. The third kappa shape index (κ3) is 3.76. The van der Waals surface area contributed by atoms with Crippen molar-refractivity contribution < 1.29 is 23.9 Å². The van der Waals surface area contributed by atoms with Crippen LogP contribution in [0.5, 0.6) is 11.5 Å². The van der Waals surface area contributed by atoms with Crippen molar-refractivity contribution in [2.45, 2.75) is 38.3 Å². The number of likely N-dealkylation sites (tertiary alicyclic amines) is 2. The summed E-state index contributed by atoms with van der Waals surface area (Å²) in [5.74, 6) is 1.20. The number of hydrogen-bond donors (Lipinski definition) is 0. The third-order valence-electron chi connectivity index (χ3n) is 6.16. The molecule has 160 valence electrons. The van der Waals surface area contributed by atoms with E-state index in [0.717, 1.165) is 35.5 Å². The van der Waals surface area contributed by atoms with Crippen molar-refractivity contribution in [2.75, 3.05) is 19.8 Å². The van der Waals surface area contributed by atoms with Gasteiger partial charge in [0.1, 0.15) is 13.2 Å². The van der Waals surface area contributed by atoms with Gasteiger partial charge in [0, 0.05) is 24.9 Å². The summed E-state index contributed by atoms with van der Waals surface area (Å²) < 4.78 is 11.3. The van der Waals surface area contributed by atoms with Gasteiger partial charge in [-0.1, -0.05) is 18.2 Å². The summed E-state index contributed by atoms with van der Waals surface area (Å²) >= 11 is 0. The second-order valence-electron chi connectivity index (χ2n) is 8.13. The number of hydrogen-bond acceptors (Lipinski definition) is 5. The Labute approximate surface area is 180 Å². The average Bonchev–Trinajstić information content (AvgIpc) is 3.41. The standard InChI is InChI=1S/C24H24N2O5/c27-22-9-10-23(28)26(22)15-16-3-5-17(6-4-16)24(29)25-11-1-2-19(25)18-7-8-20-21(14-18)31-13-12-30-20/h3-8,14,19H,1-2,9-13,15H2/t19-/m1/s1. The van der Waals surface area contributed by atoms with E-state index in [0.29, 0.717) is 25.3 Å². The molecule has 2 aromatic carbocycles. The van der Waals surface area contributed by atoms with Crippen molar-refractivity contribution >= 4 is 17.7 Å². The minimum absolute atomic E-state index is 0.00264. The van der Waals surface area contributed by atoms with Crippen LogP contribution in [0.15, 0.2) is 42.5 Å². The highest BCUT2D eigenvalue weighted by Crippen LogP contribution is 2.38. The smallest absolute Gasteiger partial charge is 0.254 e. The summed E-state index contributed by atoms with van der Waals surface area (Å²) in [6, 6.07) is 13.1. The second-order valence-corrected chi connectivity index (χ2v) is 8.13. The minimum Gasteiger partial charge on any atom is -0.486 e. The van der Waals surface area contributed by atoms with Gasteiger partial charge in [0.05, 0.1) is 12.6 Å². The first-order valence-electron chi connectivity index (χ1n) is 10.7. The van der Waals surface area contributed by atoms with Gasteiger partial charge in [0.15, 0.2) is 11.5 Å². The molecular formula is C24H24N2O5. The Hall–Kier alpha value is -3.35. The predicted octanol–water partition coefficient (Wildman–Crippen LogP) is 3.08. The lowest BCUT2D eigenvalue weighted by Gasteiger charge is -2.27. The molecule has 0 radical (unpaired) electrons. The highest BCUT2D eigenvalue weighted by atomic mass is 16.6. The van der Waals surface area contributed by atoms with Crippen LogP contribution in [-0.4, -0.2) is 47.3 Å². The van der Waals surface area contributed by atoms with Crippen LogP contribution in [0.3, 0.4) is 0 Å². The van der Waals surface area contributed by atoms with E-state index in [-0.39, 0.29) is 43.1 Å². The van der Waals surface area contributed by atoms with Gasteiger partial charge in [-0.3, -0.25) is 19.3 Å². The molecule has 3 aliphatic heterocycles. The quantitative estimate of drug-likeness (QED) is 0.711. The molecule has 2 saturated heterocycles. The first-order chi connectivity index (χ1) is 15.1. The van der Waals surface area contributed by atoms with Crippen LogP contribution in [0, 0.1) is 0 Å². The maximum Gasteiger partial charge on any atom is 0.254 e. The molecule has 7 heteroatoms. The van der Waals surface area contributed by atoms with Crippen molar-refractivity contribution in [2.24, 2.45) is 0 Å². The Bertz CT molecular complexity index is 1020. The molecule has 0 spiro atoms.